The molecule has 0 aliphatic carbocycles. The van der Waals surface area contributed by atoms with Crippen molar-refractivity contribution in [1.29, 1.82) is 0 Å². The molecule has 0 radical (unpaired) electrons. The van der Waals surface area contributed by atoms with E-state index in [2.05, 4.69) is 5.32 Å². The standard InChI is InChI=1S/C25H26N2O3/c1-18(27-24(29)20-13-7-3-8-14-20)25(30,21-15-9-4-10-16-21)23(28)22(26)17-19-11-5-2-6-12-19/h2-16,18,22,30H,17,26H2,1H3,(H,27,29). The van der Waals surface area contributed by atoms with Crippen LogP contribution in [-0.4, -0.2) is 28.9 Å². The molecule has 0 aliphatic rings. The van der Waals surface area contributed by atoms with E-state index in [0.29, 0.717) is 11.1 Å². The Kier molecular flexibility index (Phi) is 6.77. The summed E-state index contributed by atoms with van der Waals surface area (Å²) in [5, 5.41) is 14.4. The summed E-state index contributed by atoms with van der Waals surface area (Å²) in [6.07, 6.45) is 0.286. The first kappa shape index (κ1) is 21.4. The predicted molar refractivity (Wildman–Crippen MR) is 117 cm³/mol. The largest absolute Gasteiger partial charge is 0.375 e. The minimum absolute atomic E-state index is 0.286. The van der Waals surface area contributed by atoms with Gasteiger partial charge in [0.25, 0.3) is 5.91 Å². The van der Waals surface area contributed by atoms with Crippen molar-refractivity contribution < 1.29 is 14.7 Å². The van der Waals surface area contributed by atoms with E-state index in [1.807, 2.05) is 36.4 Å². The van der Waals surface area contributed by atoms with E-state index in [1.165, 1.54) is 0 Å². The summed E-state index contributed by atoms with van der Waals surface area (Å²) >= 11 is 0. The second-order valence-electron chi connectivity index (χ2n) is 7.35. The van der Waals surface area contributed by atoms with Gasteiger partial charge in [-0.2, -0.15) is 0 Å². The zero-order valence-corrected chi connectivity index (χ0v) is 16.9. The van der Waals surface area contributed by atoms with Gasteiger partial charge in [0.15, 0.2) is 11.4 Å². The van der Waals surface area contributed by atoms with Crippen molar-refractivity contribution in [2.75, 3.05) is 0 Å². The maximum atomic E-state index is 13.4. The summed E-state index contributed by atoms with van der Waals surface area (Å²) in [5.74, 6) is -0.916. The second-order valence-corrected chi connectivity index (χ2v) is 7.35. The molecule has 3 atom stereocenters. The predicted octanol–water partition coefficient (Wildman–Crippen LogP) is 2.83. The zero-order chi connectivity index (χ0) is 21.6. The highest BCUT2D eigenvalue weighted by Crippen LogP contribution is 2.28. The molecule has 0 bridgehead atoms. The molecule has 5 heteroatoms. The van der Waals surface area contributed by atoms with Crippen LogP contribution in [0.4, 0.5) is 0 Å². The van der Waals surface area contributed by atoms with Crippen molar-refractivity contribution in [2.24, 2.45) is 5.73 Å². The molecule has 3 aromatic carbocycles. The average Bonchev–Trinajstić information content (AvgIpc) is 2.79. The summed E-state index contributed by atoms with van der Waals surface area (Å²) in [4.78, 5) is 26.1. The van der Waals surface area contributed by atoms with Crippen molar-refractivity contribution in [3.05, 3.63) is 108 Å². The van der Waals surface area contributed by atoms with Crippen LogP contribution in [0.3, 0.4) is 0 Å². The molecule has 30 heavy (non-hydrogen) atoms. The molecule has 5 nitrogen and oxygen atoms in total. The third-order valence-electron chi connectivity index (χ3n) is 5.23. The van der Waals surface area contributed by atoms with Crippen LogP contribution in [0.2, 0.25) is 0 Å². The normalized spacial score (nSPS) is 14.9. The smallest absolute Gasteiger partial charge is 0.251 e. The quantitative estimate of drug-likeness (QED) is 0.540. The van der Waals surface area contributed by atoms with Crippen molar-refractivity contribution in [2.45, 2.75) is 31.0 Å². The van der Waals surface area contributed by atoms with Crippen LogP contribution in [0.1, 0.15) is 28.4 Å². The van der Waals surface area contributed by atoms with Gasteiger partial charge >= 0.3 is 0 Å². The van der Waals surface area contributed by atoms with Gasteiger partial charge in [-0.05, 0) is 36.6 Å². The van der Waals surface area contributed by atoms with E-state index >= 15 is 0 Å². The summed E-state index contributed by atoms with van der Waals surface area (Å²) < 4.78 is 0. The lowest BCUT2D eigenvalue weighted by molar-refractivity contribution is -0.142. The van der Waals surface area contributed by atoms with Gasteiger partial charge in [0.1, 0.15) is 0 Å². The van der Waals surface area contributed by atoms with Crippen molar-refractivity contribution in [3.8, 4) is 0 Å². The number of nitrogens with two attached hydrogens (primary N) is 1. The van der Waals surface area contributed by atoms with Crippen molar-refractivity contribution in [3.63, 3.8) is 0 Å². The molecule has 0 saturated carbocycles. The molecule has 154 valence electrons. The molecular formula is C25H26N2O3. The number of Topliss-reactive ketones (excluding diaryl/α,β-unsaturated/α-hetero) is 1. The third-order valence-corrected chi connectivity index (χ3v) is 5.23. The number of hydrogen-bond acceptors (Lipinski definition) is 4. The number of ketones is 1. The number of nitrogens with one attached hydrogen (secondary N) is 1. The average molecular weight is 402 g/mol. The topological polar surface area (TPSA) is 92.4 Å². The Bertz CT molecular complexity index is 977. The highest BCUT2D eigenvalue weighted by Gasteiger charge is 2.46. The molecule has 0 heterocycles. The minimum atomic E-state index is -1.97. The molecular weight excluding hydrogens is 376 g/mol. The lowest BCUT2D eigenvalue weighted by Gasteiger charge is -2.35. The number of benzene rings is 3. The summed E-state index contributed by atoms with van der Waals surface area (Å²) in [7, 11) is 0. The van der Waals surface area contributed by atoms with Crippen LogP contribution >= 0.6 is 0 Å². The first-order chi connectivity index (χ1) is 14.4. The van der Waals surface area contributed by atoms with Gasteiger partial charge in [-0.3, -0.25) is 9.59 Å². The second kappa shape index (κ2) is 9.48. The first-order valence-corrected chi connectivity index (χ1v) is 9.90. The minimum Gasteiger partial charge on any atom is -0.375 e. The lowest BCUT2D eigenvalue weighted by atomic mass is 9.79. The van der Waals surface area contributed by atoms with Crippen LogP contribution in [0.25, 0.3) is 0 Å². The van der Waals surface area contributed by atoms with Crippen LogP contribution in [0.5, 0.6) is 0 Å². The summed E-state index contributed by atoms with van der Waals surface area (Å²) in [5.41, 5.74) is 5.99. The molecule has 0 spiro atoms. The molecule has 3 unspecified atom stereocenters. The van der Waals surface area contributed by atoms with Crippen molar-refractivity contribution in [1.82, 2.24) is 5.32 Å². The lowest BCUT2D eigenvalue weighted by Crippen LogP contribution is -2.58. The van der Waals surface area contributed by atoms with Crippen molar-refractivity contribution >= 4 is 11.7 Å². The molecule has 1 amide bonds. The molecule has 3 rings (SSSR count). The number of hydrogen-bond donors (Lipinski definition) is 3. The zero-order valence-electron chi connectivity index (χ0n) is 16.9. The molecule has 3 aromatic rings. The van der Waals surface area contributed by atoms with E-state index in [9.17, 15) is 14.7 Å². The first-order valence-electron chi connectivity index (χ1n) is 9.90. The number of aliphatic hydroxyl groups is 1. The molecule has 4 N–H and O–H groups in total. The number of rotatable bonds is 8. The van der Waals surface area contributed by atoms with Crippen LogP contribution in [0, 0.1) is 0 Å². The van der Waals surface area contributed by atoms with Crippen LogP contribution < -0.4 is 11.1 Å². The van der Waals surface area contributed by atoms with Gasteiger partial charge in [0.2, 0.25) is 0 Å². The van der Waals surface area contributed by atoms with Crippen LogP contribution in [-0.2, 0) is 16.8 Å². The molecule has 0 saturated heterocycles. The van der Waals surface area contributed by atoms with Gasteiger partial charge < -0.3 is 16.2 Å². The van der Waals surface area contributed by atoms with Crippen LogP contribution in [0.15, 0.2) is 91.0 Å². The van der Waals surface area contributed by atoms with E-state index in [4.69, 9.17) is 5.73 Å². The van der Waals surface area contributed by atoms with Gasteiger partial charge in [-0.15, -0.1) is 0 Å². The Labute approximate surface area is 176 Å². The molecule has 0 fully saturated rings. The molecule has 0 aliphatic heterocycles. The van der Waals surface area contributed by atoms with E-state index in [1.54, 1.807) is 61.5 Å². The summed E-state index contributed by atoms with van der Waals surface area (Å²) in [6, 6.07) is 24.8. The fraction of sp³-hybridized carbons (Fsp3) is 0.200. The Morgan fingerprint density at radius 1 is 0.900 bits per heavy atom. The number of carbonyl (C=O) groups excluding carboxylic acids is 2. The highest BCUT2D eigenvalue weighted by atomic mass is 16.3. The summed E-state index contributed by atoms with van der Waals surface area (Å²) in [6.45, 7) is 1.61. The van der Waals surface area contributed by atoms with Gasteiger partial charge in [-0.25, -0.2) is 0 Å². The van der Waals surface area contributed by atoms with Gasteiger partial charge in [0, 0.05) is 5.56 Å². The number of carbonyl (C=O) groups is 2. The Balaban J connectivity index is 1.89. The number of amides is 1. The monoisotopic (exact) mass is 402 g/mol. The van der Waals surface area contributed by atoms with Gasteiger partial charge in [-0.1, -0.05) is 78.9 Å². The van der Waals surface area contributed by atoms with E-state index in [-0.39, 0.29) is 12.3 Å². The maximum Gasteiger partial charge on any atom is 0.251 e. The Morgan fingerprint density at radius 3 is 1.97 bits per heavy atom. The Hall–Kier alpha value is -3.28. The fourth-order valence-corrected chi connectivity index (χ4v) is 3.52. The fourth-order valence-electron chi connectivity index (χ4n) is 3.52. The van der Waals surface area contributed by atoms with E-state index in [0.717, 1.165) is 5.56 Å². The third kappa shape index (κ3) is 4.64. The SMILES string of the molecule is CC(NC(=O)c1ccccc1)C(O)(C(=O)C(N)Cc1ccccc1)c1ccccc1. The Morgan fingerprint density at radius 2 is 1.40 bits per heavy atom. The van der Waals surface area contributed by atoms with E-state index < -0.39 is 23.5 Å². The molecule has 0 aromatic heterocycles. The highest BCUT2D eigenvalue weighted by molar-refractivity contribution is 5.97. The maximum absolute atomic E-state index is 13.4. The van der Waals surface area contributed by atoms with Gasteiger partial charge in [0.05, 0.1) is 12.1 Å².